The molecule has 2 N–H and O–H groups in total. The molecule has 2 aromatic carbocycles. The zero-order valence-corrected chi connectivity index (χ0v) is 13.8. The second kappa shape index (κ2) is 8.24. The van der Waals surface area contributed by atoms with Gasteiger partial charge < -0.3 is 15.4 Å². The lowest BCUT2D eigenvalue weighted by Crippen LogP contribution is -2.21. The molecule has 0 bridgehead atoms. The van der Waals surface area contributed by atoms with Gasteiger partial charge >= 0.3 is 0 Å². The van der Waals surface area contributed by atoms with Crippen LogP contribution in [0.15, 0.2) is 53.4 Å². The van der Waals surface area contributed by atoms with Crippen LogP contribution in [0.2, 0.25) is 0 Å². The van der Waals surface area contributed by atoms with Gasteiger partial charge in [-0.05, 0) is 36.6 Å². The number of ether oxygens (including phenoxy) is 1. The molecule has 0 radical (unpaired) electrons. The van der Waals surface area contributed by atoms with Crippen LogP contribution in [0.1, 0.15) is 6.42 Å². The van der Waals surface area contributed by atoms with Gasteiger partial charge in [0.05, 0.1) is 12.8 Å². The summed E-state index contributed by atoms with van der Waals surface area (Å²) >= 11 is 1.59. The molecule has 2 rings (SSSR count). The highest BCUT2D eigenvalue weighted by atomic mass is 32.2. The first-order valence-electron chi connectivity index (χ1n) is 6.99. The molecule has 0 aliphatic rings. The number of thioether (sulfide) groups is 1. The van der Waals surface area contributed by atoms with Crippen LogP contribution < -0.4 is 15.4 Å². The summed E-state index contributed by atoms with van der Waals surface area (Å²) < 4.78 is 5.15. The monoisotopic (exact) mass is 330 g/mol. The number of para-hydroxylation sites is 2. The number of hydrogen-bond donors (Lipinski definition) is 2. The Bertz CT molecular complexity index is 704. The molecular formula is C17H18N2O3S. The Kier molecular flexibility index (Phi) is 6.05. The molecule has 0 aliphatic carbocycles. The Balaban J connectivity index is 1.93. The fourth-order valence-electron chi connectivity index (χ4n) is 1.99. The van der Waals surface area contributed by atoms with Crippen molar-refractivity contribution >= 4 is 35.0 Å². The number of hydrogen-bond acceptors (Lipinski definition) is 4. The van der Waals surface area contributed by atoms with E-state index in [1.54, 1.807) is 42.1 Å². The number of anilines is 2. The molecule has 0 fully saturated rings. The summed E-state index contributed by atoms with van der Waals surface area (Å²) in [6.07, 6.45) is 1.70. The average molecular weight is 330 g/mol. The highest BCUT2D eigenvalue weighted by molar-refractivity contribution is 7.98. The number of amides is 2. The van der Waals surface area contributed by atoms with Gasteiger partial charge in [0.15, 0.2) is 0 Å². The van der Waals surface area contributed by atoms with Gasteiger partial charge in [-0.25, -0.2) is 0 Å². The van der Waals surface area contributed by atoms with E-state index in [1.807, 2.05) is 24.5 Å². The van der Waals surface area contributed by atoms with E-state index in [0.717, 1.165) is 4.90 Å². The van der Waals surface area contributed by atoms with E-state index < -0.39 is 5.91 Å². The van der Waals surface area contributed by atoms with Crippen molar-refractivity contribution in [1.82, 2.24) is 0 Å². The lowest BCUT2D eigenvalue weighted by Gasteiger charge is -2.10. The maximum atomic E-state index is 12.0. The highest BCUT2D eigenvalue weighted by Gasteiger charge is 2.12. The van der Waals surface area contributed by atoms with E-state index in [4.69, 9.17) is 4.74 Å². The van der Waals surface area contributed by atoms with Crippen molar-refractivity contribution in [2.75, 3.05) is 24.0 Å². The summed E-state index contributed by atoms with van der Waals surface area (Å²) in [5.74, 6) is -0.211. The highest BCUT2D eigenvalue weighted by Crippen LogP contribution is 2.23. The van der Waals surface area contributed by atoms with Crippen LogP contribution in [0.5, 0.6) is 5.75 Å². The molecule has 0 aromatic heterocycles. The third kappa shape index (κ3) is 5.03. The van der Waals surface area contributed by atoms with Gasteiger partial charge in [0, 0.05) is 10.6 Å². The quantitative estimate of drug-likeness (QED) is 0.629. The molecule has 6 heteroatoms. The van der Waals surface area contributed by atoms with Crippen molar-refractivity contribution in [3.63, 3.8) is 0 Å². The lowest BCUT2D eigenvalue weighted by molar-refractivity contribution is -0.123. The minimum Gasteiger partial charge on any atom is -0.495 e. The number of rotatable bonds is 6. The van der Waals surface area contributed by atoms with E-state index in [1.165, 1.54) is 7.11 Å². The topological polar surface area (TPSA) is 67.4 Å². The van der Waals surface area contributed by atoms with E-state index in [9.17, 15) is 9.59 Å². The normalized spacial score (nSPS) is 10.0. The molecule has 0 atom stereocenters. The lowest BCUT2D eigenvalue weighted by atomic mass is 10.2. The molecule has 23 heavy (non-hydrogen) atoms. The molecule has 0 heterocycles. The number of nitrogens with one attached hydrogen (secondary N) is 2. The van der Waals surface area contributed by atoms with Gasteiger partial charge in [0.2, 0.25) is 11.8 Å². The molecule has 2 amide bonds. The minimum absolute atomic E-state index is 0.262. The Hall–Kier alpha value is -2.47. The van der Waals surface area contributed by atoms with Crippen LogP contribution >= 0.6 is 11.8 Å². The molecule has 120 valence electrons. The van der Waals surface area contributed by atoms with Gasteiger partial charge in [-0.1, -0.05) is 18.2 Å². The molecule has 0 spiro atoms. The van der Waals surface area contributed by atoms with Crippen molar-refractivity contribution in [3.8, 4) is 5.75 Å². The first-order valence-corrected chi connectivity index (χ1v) is 8.21. The smallest absolute Gasteiger partial charge is 0.233 e. The van der Waals surface area contributed by atoms with Crippen molar-refractivity contribution < 1.29 is 14.3 Å². The van der Waals surface area contributed by atoms with Crippen molar-refractivity contribution in [3.05, 3.63) is 48.5 Å². The Morgan fingerprint density at radius 1 is 1.04 bits per heavy atom. The van der Waals surface area contributed by atoms with Crippen LogP contribution in [-0.4, -0.2) is 25.2 Å². The zero-order valence-electron chi connectivity index (χ0n) is 13.0. The molecule has 0 saturated carbocycles. The minimum atomic E-state index is -0.395. The number of carbonyl (C=O) groups excluding carboxylic acids is 2. The van der Waals surface area contributed by atoms with Gasteiger partial charge in [0.25, 0.3) is 0 Å². The SMILES string of the molecule is COc1ccccc1NC(=O)CC(=O)Nc1cccc(SC)c1. The predicted molar refractivity (Wildman–Crippen MR) is 93.1 cm³/mol. The van der Waals surface area contributed by atoms with Crippen LogP contribution in [0, 0.1) is 0 Å². The second-order valence-corrected chi connectivity index (χ2v) is 5.59. The number of methoxy groups -OCH3 is 1. The van der Waals surface area contributed by atoms with E-state index in [2.05, 4.69) is 10.6 Å². The largest absolute Gasteiger partial charge is 0.495 e. The summed E-state index contributed by atoms with van der Waals surface area (Å²) in [6, 6.07) is 14.5. The van der Waals surface area contributed by atoms with Crippen molar-refractivity contribution in [2.45, 2.75) is 11.3 Å². The third-order valence-corrected chi connectivity index (χ3v) is 3.78. The van der Waals surface area contributed by atoms with Gasteiger partial charge in [-0.15, -0.1) is 11.8 Å². The van der Waals surface area contributed by atoms with Gasteiger partial charge in [-0.3, -0.25) is 9.59 Å². The van der Waals surface area contributed by atoms with E-state index in [0.29, 0.717) is 17.1 Å². The molecule has 2 aromatic rings. The predicted octanol–water partition coefficient (Wildman–Crippen LogP) is 3.38. The van der Waals surface area contributed by atoms with Crippen LogP contribution in [0.4, 0.5) is 11.4 Å². The summed E-state index contributed by atoms with van der Waals surface area (Å²) in [5.41, 5.74) is 1.21. The molecular weight excluding hydrogens is 312 g/mol. The third-order valence-electron chi connectivity index (χ3n) is 3.06. The maximum absolute atomic E-state index is 12.0. The summed E-state index contributed by atoms with van der Waals surface area (Å²) in [7, 11) is 1.52. The summed E-state index contributed by atoms with van der Waals surface area (Å²) in [5, 5.41) is 5.39. The van der Waals surface area contributed by atoms with Crippen molar-refractivity contribution in [2.24, 2.45) is 0 Å². The molecule has 0 aliphatic heterocycles. The van der Waals surface area contributed by atoms with Crippen molar-refractivity contribution in [1.29, 1.82) is 0 Å². The molecule has 0 saturated heterocycles. The average Bonchev–Trinajstić information content (AvgIpc) is 2.55. The van der Waals surface area contributed by atoms with Crippen LogP contribution in [-0.2, 0) is 9.59 Å². The maximum Gasteiger partial charge on any atom is 0.233 e. The van der Waals surface area contributed by atoms with Crippen LogP contribution in [0.25, 0.3) is 0 Å². The fraction of sp³-hybridized carbons (Fsp3) is 0.176. The van der Waals surface area contributed by atoms with Crippen LogP contribution in [0.3, 0.4) is 0 Å². The first-order chi connectivity index (χ1) is 11.1. The standard InChI is InChI=1S/C17H18N2O3S/c1-22-15-9-4-3-8-14(15)19-17(21)11-16(20)18-12-6-5-7-13(10-12)23-2/h3-10H,11H2,1-2H3,(H,18,20)(H,19,21). The summed E-state index contributed by atoms with van der Waals surface area (Å²) in [6.45, 7) is 0. The Labute approximate surface area is 139 Å². The van der Waals surface area contributed by atoms with E-state index in [-0.39, 0.29) is 12.3 Å². The Morgan fingerprint density at radius 2 is 1.78 bits per heavy atom. The molecule has 5 nitrogen and oxygen atoms in total. The van der Waals surface area contributed by atoms with Gasteiger partial charge in [-0.2, -0.15) is 0 Å². The van der Waals surface area contributed by atoms with E-state index >= 15 is 0 Å². The first kappa shape index (κ1) is 16.9. The zero-order chi connectivity index (χ0) is 16.7. The second-order valence-electron chi connectivity index (χ2n) is 4.71. The Morgan fingerprint density at radius 3 is 2.52 bits per heavy atom. The molecule has 0 unspecified atom stereocenters. The fourth-order valence-corrected chi connectivity index (χ4v) is 2.45. The summed E-state index contributed by atoms with van der Waals surface area (Å²) in [4.78, 5) is 25.0. The van der Waals surface area contributed by atoms with Gasteiger partial charge in [0.1, 0.15) is 12.2 Å². The number of benzene rings is 2. The number of carbonyl (C=O) groups is 2.